The second-order valence-electron chi connectivity index (χ2n) is 5.62. The van der Waals surface area contributed by atoms with Gasteiger partial charge in [-0.25, -0.2) is 0 Å². The maximum absolute atomic E-state index is 4.07. The van der Waals surface area contributed by atoms with E-state index in [1.54, 1.807) is 0 Å². The van der Waals surface area contributed by atoms with E-state index in [0.717, 1.165) is 6.42 Å². The first-order valence-corrected chi connectivity index (χ1v) is 7.21. The van der Waals surface area contributed by atoms with E-state index in [9.17, 15) is 0 Å². The Kier molecular flexibility index (Phi) is 4.09. The summed E-state index contributed by atoms with van der Waals surface area (Å²) in [4.78, 5) is 0. The van der Waals surface area contributed by atoms with Gasteiger partial charge in [-0.1, -0.05) is 63.8 Å². The van der Waals surface area contributed by atoms with E-state index < -0.39 is 0 Å². The van der Waals surface area contributed by atoms with Gasteiger partial charge in [0.25, 0.3) is 0 Å². The third-order valence-corrected chi connectivity index (χ3v) is 4.26. The number of aryl methyl sites for hydroxylation is 2. The lowest BCUT2D eigenvalue weighted by atomic mass is 9.84. The van der Waals surface area contributed by atoms with Gasteiger partial charge in [0.2, 0.25) is 0 Å². The summed E-state index contributed by atoms with van der Waals surface area (Å²) in [5.41, 5.74) is 6.87. The average molecular weight is 252 g/mol. The normalized spacial score (nSPS) is 20.3. The molecular formula is C19H24. The van der Waals surface area contributed by atoms with Crippen molar-refractivity contribution < 1.29 is 0 Å². The lowest BCUT2D eigenvalue weighted by Crippen LogP contribution is -2.05. The van der Waals surface area contributed by atoms with E-state index in [1.165, 1.54) is 27.8 Å². The van der Waals surface area contributed by atoms with Crippen LogP contribution in [0.4, 0.5) is 0 Å². The molecule has 0 fully saturated rings. The molecule has 1 aromatic rings. The molecule has 0 N–H and O–H groups in total. The lowest BCUT2D eigenvalue weighted by molar-refractivity contribution is 0.827. The standard InChI is InChI=1S/C19H24/c1-6-17-9-10-19(12-15(17)4)16(5)18-8-7-13(2)14(3)11-18/h7-12,14,16H,2,6H2,1,3-5H3. The maximum Gasteiger partial charge on any atom is 0.00581 e. The molecule has 0 nitrogen and oxygen atoms in total. The fourth-order valence-electron chi connectivity index (χ4n) is 2.67. The van der Waals surface area contributed by atoms with E-state index in [4.69, 9.17) is 0 Å². The Morgan fingerprint density at radius 3 is 2.58 bits per heavy atom. The summed E-state index contributed by atoms with van der Waals surface area (Å²) < 4.78 is 0. The van der Waals surface area contributed by atoms with Crippen molar-refractivity contribution in [2.24, 2.45) is 5.92 Å². The fourth-order valence-corrected chi connectivity index (χ4v) is 2.67. The molecule has 0 radical (unpaired) electrons. The third-order valence-electron chi connectivity index (χ3n) is 4.26. The minimum Gasteiger partial charge on any atom is -0.0952 e. The van der Waals surface area contributed by atoms with Crippen LogP contribution in [0.15, 0.2) is 54.2 Å². The summed E-state index contributed by atoms with van der Waals surface area (Å²) in [6.07, 6.45) is 7.83. The molecule has 1 aliphatic rings. The van der Waals surface area contributed by atoms with Gasteiger partial charge < -0.3 is 0 Å². The van der Waals surface area contributed by atoms with Gasteiger partial charge in [-0.2, -0.15) is 0 Å². The zero-order valence-corrected chi connectivity index (χ0v) is 12.5. The summed E-state index contributed by atoms with van der Waals surface area (Å²) in [5.74, 6) is 0.912. The van der Waals surface area contributed by atoms with E-state index in [-0.39, 0.29) is 0 Å². The number of allylic oxidation sites excluding steroid dienone is 5. The summed E-state index contributed by atoms with van der Waals surface area (Å²) in [5, 5.41) is 0. The van der Waals surface area contributed by atoms with Gasteiger partial charge in [0, 0.05) is 5.92 Å². The molecule has 19 heavy (non-hydrogen) atoms. The van der Waals surface area contributed by atoms with Gasteiger partial charge >= 0.3 is 0 Å². The predicted molar refractivity (Wildman–Crippen MR) is 84.5 cm³/mol. The summed E-state index contributed by atoms with van der Waals surface area (Å²) in [7, 11) is 0. The highest BCUT2D eigenvalue weighted by Gasteiger charge is 2.15. The third kappa shape index (κ3) is 2.89. The molecule has 100 valence electrons. The summed E-state index contributed by atoms with van der Waals surface area (Å²) in [6.45, 7) is 13.0. The molecule has 2 unspecified atom stereocenters. The molecule has 2 atom stereocenters. The van der Waals surface area contributed by atoms with Crippen LogP contribution in [-0.2, 0) is 6.42 Å². The zero-order valence-electron chi connectivity index (χ0n) is 12.5. The van der Waals surface area contributed by atoms with Gasteiger partial charge in [0.1, 0.15) is 0 Å². The Morgan fingerprint density at radius 1 is 1.26 bits per heavy atom. The average Bonchev–Trinajstić information content (AvgIpc) is 2.41. The van der Waals surface area contributed by atoms with Crippen molar-refractivity contribution in [3.05, 3.63) is 70.8 Å². The molecule has 0 heteroatoms. The monoisotopic (exact) mass is 252 g/mol. The Balaban J connectivity index is 2.27. The molecule has 0 heterocycles. The Hall–Kier alpha value is -1.56. The molecule has 1 aliphatic carbocycles. The van der Waals surface area contributed by atoms with Gasteiger partial charge in [-0.05, 0) is 47.1 Å². The van der Waals surface area contributed by atoms with Gasteiger partial charge in [0.05, 0.1) is 0 Å². The molecule has 0 saturated carbocycles. The SMILES string of the molecule is C=C1C=CC(C(C)c2ccc(CC)c(C)c2)=CC1C. The zero-order chi connectivity index (χ0) is 14.0. The van der Waals surface area contributed by atoms with Crippen molar-refractivity contribution in [3.8, 4) is 0 Å². The minimum atomic E-state index is 0.455. The molecule has 0 aromatic heterocycles. The first kappa shape index (κ1) is 13.9. The Labute approximate surface area is 117 Å². The highest BCUT2D eigenvalue weighted by molar-refractivity contribution is 5.44. The summed E-state index contributed by atoms with van der Waals surface area (Å²) in [6, 6.07) is 6.89. The highest BCUT2D eigenvalue weighted by Crippen LogP contribution is 2.31. The van der Waals surface area contributed by atoms with Crippen molar-refractivity contribution in [1.29, 1.82) is 0 Å². The second-order valence-corrected chi connectivity index (χ2v) is 5.62. The van der Waals surface area contributed by atoms with Crippen LogP contribution >= 0.6 is 0 Å². The predicted octanol–water partition coefficient (Wildman–Crippen LogP) is 5.35. The van der Waals surface area contributed by atoms with Crippen LogP contribution in [0.25, 0.3) is 0 Å². The summed E-state index contributed by atoms with van der Waals surface area (Å²) >= 11 is 0. The fraction of sp³-hybridized carbons (Fsp3) is 0.368. The molecule has 0 spiro atoms. The molecule has 0 aliphatic heterocycles. The minimum absolute atomic E-state index is 0.455. The first-order chi connectivity index (χ1) is 9.02. The van der Waals surface area contributed by atoms with Gasteiger partial charge in [0.15, 0.2) is 0 Å². The van der Waals surface area contributed by atoms with E-state index in [2.05, 4.69) is 70.7 Å². The number of hydrogen-bond donors (Lipinski definition) is 0. The van der Waals surface area contributed by atoms with E-state index >= 15 is 0 Å². The van der Waals surface area contributed by atoms with Crippen LogP contribution in [0.1, 0.15) is 43.4 Å². The largest absolute Gasteiger partial charge is 0.0952 e. The second kappa shape index (κ2) is 5.61. The van der Waals surface area contributed by atoms with Gasteiger partial charge in [-0.3, -0.25) is 0 Å². The highest BCUT2D eigenvalue weighted by atomic mass is 14.2. The van der Waals surface area contributed by atoms with Crippen LogP contribution in [0.5, 0.6) is 0 Å². The Morgan fingerprint density at radius 2 is 2.00 bits per heavy atom. The van der Waals surface area contributed by atoms with Gasteiger partial charge in [-0.15, -0.1) is 0 Å². The van der Waals surface area contributed by atoms with Crippen molar-refractivity contribution in [2.75, 3.05) is 0 Å². The number of rotatable bonds is 3. The smallest absolute Gasteiger partial charge is 0.00581 e. The Bertz CT molecular complexity index is 543. The van der Waals surface area contributed by atoms with Crippen LogP contribution in [0.3, 0.4) is 0 Å². The molecular weight excluding hydrogens is 228 g/mol. The van der Waals surface area contributed by atoms with Crippen LogP contribution < -0.4 is 0 Å². The quantitative estimate of drug-likeness (QED) is 0.680. The van der Waals surface area contributed by atoms with Crippen LogP contribution in [-0.4, -0.2) is 0 Å². The number of benzene rings is 1. The van der Waals surface area contributed by atoms with Crippen molar-refractivity contribution in [3.63, 3.8) is 0 Å². The first-order valence-electron chi connectivity index (χ1n) is 7.21. The van der Waals surface area contributed by atoms with E-state index in [1.807, 2.05) is 0 Å². The van der Waals surface area contributed by atoms with Crippen LogP contribution in [0.2, 0.25) is 0 Å². The van der Waals surface area contributed by atoms with E-state index in [0.29, 0.717) is 11.8 Å². The van der Waals surface area contributed by atoms with Crippen molar-refractivity contribution in [2.45, 2.75) is 40.0 Å². The molecule has 1 aromatic carbocycles. The van der Waals surface area contributed by atoms with Crippen LogP contribution in [0, 0.1) is 12.8 Å². The topological polar surface area (TPSA) is 0 Å². The molecule has 0 bridgehead atoms. The molecule has 2 rings (SSSR count). The van der Waals surface area contributed by atoms with Crippen molar-refractivity contribution in [1.82, 2.24) is 0 Å². The number of hydrogen-bond acceptors (Lipinski definition) is 0. The molecule has 0 amide bonds. The van der Waals surface area contributed by atoms with Crippen molar-refractivity contribution >= 4 is 0 Å². The maximum atomic E-state index is 4.07. The molecule has 0 saturated heterocycles. The lowest BCUT2D eigenvalue weighted by Gasteiger charge is -2.21.